The molecule has 5 heteroatoms. The van der Waals surface area contributed by atoms with E-state index in [9.17, 15) is 14.0 Å². The highest BCUT2D eigenvalue weighted by Gasteiger charge is 2.36. The van der Waals surface area contributed by atoms with E-state index in [1.807, 2.05) is 19.1 Å². The number of carbonyl (C=O) groups excluding carboxylic acids is 2. The van der Waals surface area contributed by atoms with Crippen molar-refractivity contribution in [3.8, 4) is 0 Å². The third-order valence-corrected chi connectivity index (χ3v) is 5.14. The smallest absolute Gasteiger partial charge is 0.227 e. The van der Waals surface area contributed by atoms with Crippen LogP contribution in [0.3, 0.4) is 0 Å². The highest BCUT2D eigenvalue weighted by atomic mass is 19.1. The molecule has 0 saturated carbocycles. The van der Waals surface area contributed by atoms with Crippen LogP contribution in [0.25, 0.3) is 0 Å². The largest absolute Gasteiger partial charge is 0.355 e. The highest BCUT2D eigenvalue weighted by molar-refractivity contribution is 6.00. The maximum absolute atomic E-state index is 14.0. The van der Waals surface area contributed by atoms with Crippen LogP contribution in [0.4, 0.5) is 10.1 Å². The first-order valence-corrected chi connectivity index (χ1v) is 9.18. The van der Waals surface area contributed by atoms with Crippen molar-refractivity contribution in [3.05, 3.63) is 65.5 Å². The Bertz CT molecular complexity index is 863. The van der Waals surface area contributed by atoms with Crippen LogP contribution in [-0.2, 0) is 15.0 Å². The molecule has 142 valence electrons. The van der Waals surface area contributed by atoms with Gasteiger partial charge in [-0.3, -0.25) is 9.59 Å². The summed E-state index contributed by atoms with van der Waals surface area (Å²) in [6, 6.07) is 14.4. The Balaban J connectivity index is 1.64. The minimum absolute atomic E-state index is 0.102. The number of para-hydroxylation sites is 1. The van der Waals surface area contributed by atoms with E-state index in [2.05, 4.69) is 31.3 Å². The Morgan fingerprint density at radius 2 is 1.96 bits per heavy atom. The molecule has 0 bridgehead atoms. The van der Waals surface area contributed by atoms with Crippen LogP contribution in [0.2, 0.25) is 0 Å². The summed E-state index contributed by atoms with van der Waals surface area (Å²) in [6.45, 7) is 6.87. The van der Waals surface area contributed by atoms with Crippen LogP contribution in [0, 0.1) is 18.7 Å². The lowest BCUT2D eigenvalue weighted by atomic mass is 9.84. The molecule has 1 N–H and O–H groups in total. The number of carbonyl (C=O) groups is 2. The van der Waals surface area contributed by atoms with Gasteiger partial charge < -0.3 is 10.2 Å². The Morgan fingerprint density at radius 1 is 1.22 bits per heavy atom. The van der Waals surface area contributed by atoms with Crippen LogP contribution < -0.4 is 10.2 Å². The Hall–Kier alpha value is -2.69. The zero-order valence-electron chi connectivity index (χ0n) is 16.0. The second-order valence-corrected chi connectivity index (χ2v) is 7.83. The minimum atomic E-state index is -0.467. The van der Waals surface area contributed by atoms with E-state index in [0.717, 1.165) is 5.56 Å². The predicted octanol–water partition coefficient (Wildman–Crippen LogP) is 3.58. The minimum Gasteiger partial charge on any atom is -0.355 e. The number of amides is 2. The molecule has 4 nitrogen and oxygen atoms in total. The first kappa shape index (κ1) is 19.1. The molecule has 3 rings (SSSR count). The molecule has 0 spiro atoms. The number of aryl methyl sites for hydroxylation is 1. The maximum atomic E-state index is 14.0. The third-order valence-electron chi connectivity index (χ3n) is 5.14. The zero-order valence-corrected chi connectivity index (χ0v) is 16.0. The first-order chi connectivity index (χ1) is 12.8. The quantitative estimate of drug-likeness (QED) is 0.877. The van der Waals surface area contributed by atoms with E-state index in [0.29, 0.717) is 6.54 Å². The van der Waals surface area contributed by atoms with E-state index in [-0.39, 0.29) is 35.9 Å². The van der Waals surface area contributed by atoms with Gasteiger partial charge in [0.2, 0.25) is 11.8 Å². The number of benzene rings is 2. The lowest BCUT2D eigenvalue weighted by molar-refractivity contribution is -0.126. The average Bonchev–Trinajstić information content (AvgIpc) is 3.02. The van der Waals surface area contributed by atoms with Gasteiger partial charge in [0.1, 0.15) is 5.82 Å². The van der Waals surface area contributed by atoms with Gasteiger partial charge in [-0.05, 0) is 24.6 Å². The molecule has 0 radical (unpaired) electrons. The van der Waals surface area contributed by atoms with Crippen LogP contribution >= 0.6 is 0 Å². The average molecular weight is 368 g/mol. The van der Waals surface area contributed by atoms with Crippen molar-refractivity contribution in [3.63, 3.8) is 0 Å². The first-order valence-electron chi connectivity index (χ1n) is 9.18. The molecule has 1 fully saturated rings. The Morgan fingerprint density at radius 3 is 2.67 bits per heavy atom. The number of hydrogen-bond donors (Lipinski definition) is 1. The van der Waals surface area contributed by atoms with Gasteiger partial charge in [-0.15, -0.1) is 0 Å². The molecule has 1 atom stereocenters. The maximum Gasteiger partial charge on any atom is 0.227 e. The summed E-state index contributed by atoms with van der Waals surface area (Å²) in [5.41, 5.74) is 2.33. The molecule has 0 aromatic heterocycles. The Labute approximate surface area is 159 Å². The van der Waals surface area contributed by atoms with Gasteiger partial charge in [0, 0.05) is 24.9 Å². The SMILES string of the molecule is Cc1cccc(C(C)(C)CNC(=O)C2CC(=O)N(c3ccccc3F)C2)c1. The summed E-state index contributed by atoms with van der Waals surface area (Å²) >= 11 is 0. The van der Waals surface area contributed by atoms with Gasteiger partial charge in [-0.25, -0.2) is 4.39 Å². The predicted molar refractivity (Wildman–Crippen MR) is 104 cm³/mol. The number of nitrogens with one attached hydrogen (secondary N) is 1. The topological polar surface area (TPSA) is 49.4 Å². The fourth-order valence-corrected chi connectivity index (χ4v) is 3.41. The summed E-state index contributed by atoms with van der Waals surface area (Å²) in [6.07, 6.45) is 0.102. The second kappa shape index (κ2) is 7.51. The normalized spacial score (nSPS) is 17.3. The molecule has 0 aliphatic carbocycles. The number of halogens is 1. The van der Waals surface area contributed by atoms with Crippen molar-refractivity contribution in [2.24, 2.45) is 5.92 Å². The molecule has 2 aromatic carbocycles. The molecule has 2 amide bonds. The van der Waals surface area contributed by atoms with Crippen LogP contribution in [-0.4, -0.2) is 24.9 Å². The summed E-state index contributed by atoms with van der Waals surface area (Å²) in [7, 11) is 0. The van der Waals surface area contributed by atoms with E-state index in [1.54, 1.807) is 18.2 Å². The summed E-state index contributed by atoms with van der Waals surface area (Å²) in [4.78, 5) is 26.3. The number of hydrogen-bond acceptors (Lipinski definition) is 2. The summed E-state index contributed by atoms with van der Waals surface area (Å²) in [5, 5.41) is 2.98. The molecule has 27 heavy (non-hydrogen) atoms. The van der Waals surface area contributed by atoms with Crippen molar-refractivity contribution in [1.82, 2.24) is 5.32 Å². The monoisotopic (exact) mass is 368 g/mol. The second-order valence-electron chi connectivity index (χ2n) is 7.83. The fourth-order valence-electron chi connectivity index (χ4n) is 3.41. The van der Waals surface area contributed by atoms with Gasteiger partial charge in [0.25, 0.3) is 0 Å². The van der Waals surface area contributed by atoms with Gasteiger partial charge in [0.15, 0.2) is 0 Å². The number of anilines is 1. The van der Waals surface area contributed by atoms with Crippen molar-refractivity contribution < 1.29 is 14.0 Å². The standard InChI is InChI=1S/C22H25FN2O2/c1-15-7-6-8-17(11-15)22(2,3)14-24-21(27)16-12-20(26)25(13-16)19-10-5-4-9-18(19)23/h4-11,16H,12-14H2,1-3H3,(H,24,27). The van der Waals surface area contributed by atoms with Gasteiger partial charge >= 0.3 is 0 Å². The molecule has 1 saturated heterocycles. The summed E-state index contributed by atoms with van der Waals surface area (Å²) in [5.74, 6) is -1.31. The Kier molecular flexibility index (Phi) is 5.31. The van der Waals surface area contributed by atoms with E-state index < -0.39 is 11.7 Å². The lowest BCUT2D eigenvalue weighted by Gasteiger charge is -2.27. The van der Waals surface area contributed by atoms with Crippen molar-refractivity contribution >= 4 is 17.5 Å². The molecule has 1 aliphatic heterocycles. The molecular weight excluding hydrogens is 343 g/mol. The molecule has 1 unspecified atom stereocenters. The highest BCUT2D eigenvalue weighted by Crippen LogP contribution is 2.28. The van der Waals surface area contributed by atoms with Gasteiger partial charge in [-0.2, -0.15) is 0 Å². The molecule has 2 aromatic rings. The van der Waals surface area contributed by atoms with Crippen molar-refractivity contribution in [1.29, 1.82) is 0 Å². The van der Waals surface area contributed by atoms with E-state index in [1.165, 1.54) is 16.5 Å². The fraction of sp³-hybridized carbons (Fsp3) is 0.364. The van der Waals surface area contributed by atoms with Crippen LogP contribution in [0.1, 0.15) is 31.4 Å². The van der Waals surface area contributed by atoms with Gasteiger partial charge in [-0.1, -0.05) is 55.8 Å². The third kappa shape index (κ3) is 4.18. The number of rotatable bonds is 5. The molecular formula is C22H25FN2O2. The van der Waals surface area contributed by atoms with Crippen molar-refractivity contribution in [2.45, 2.75) is 32.6 Å². The zero-order chi connectivity index (χ0) is 19.6. The molecule has 1 heterocycles. The molecule has 1 aliphatic rings. The van der Waals surface area contributed by atoms with Crippen LogP contribution in [0.5, 0.6) is 0 Å². The van der Waals surface area contributed by atoms with Crippen molar-refractivity contribution in [2.75, 3.05) is 18.0 Å². The van der Waals surface area contributed by atoms with Gasteiger partial charge in [0.05, 0.1) is 11.6 Å². The summed E-state index contributed by atoms with van der Waals surface area (Å²) < 4.78 is 14.0. The van der Waals surface area contributed by atoms with E-state index >= 15 is 0 Å². The van der Waals surface area contributed by atoms with Crippen LogP contribution in [0.15, 0.2) is 48.5 Å². The lowest BCUT2D eigenvalue weighted by Crippen LogP contribution is -2.40. The number of nitrogens with zero attached hydrogens (tertiary/aromatic N) is 1. The van der Waals surface area contributed by atoms with E-state index in [4.69, 9.17) is 0 Å².